The van der Waals surface area contributed by atoms with Crippen molar-refractivity contribution in [1.29, 1.82) is 0 Å². The van der Waals surface area contributed by atoms with Crippen LogP contribution in [0.15, 0.2) is 0 Å². The number of carbonyl (C=O) groups excluding carboxylic acids is 1. The summed E-state index contributed by atoms with van der Waals surface area (Å²) in [5, 5.41) is 6.69. The van der Waals surface area contributed by atoms with E-state index in [0.29, 0.717) is 11.9 Å². The number of rotatable bonds is 1. The lowest BCUT2D eigenvalue weighted by Gasteiger charge is -2.32. The first-order valence-electron chi connectivity index (χ1n) is 6.53. The lowest BCUT2D eigenvalue weighted by molar-refractivity contribution is -0.133. The zero-order chi connectivity index (χ0) is 11.4. The molecule has 0 aliphatic carbocycles. The highest BCUT2D eigenvalue weighted by Crippen LogP contribution is 2.11. The summed E-state index contributed by atoms with van der Waals surface area (Å²) >= 11 is 0. The third kappa shape index (κ3) is 2.95. The van der Waals surface area contributed by atoms with Crippen molar-refractivity contribution >= 4 is 5.91 Å². The first kappa shape index (κ1) is 11.9. The Labute approximate surface area is 97.8 Å². The number of amides is 1. The van der Waals surface area contributed by atoms with Crippen molar-refractivity contribution in [2.24, 2.45) is 0 Å². The van der Waals surface area contributed by atoms with E-state index >= 15 is 0 Å². The number of hydrogen-bond donors (Lipinski definition) is 2. The molecule has 2 fully saturated rings. The number of piperazine rings is 1. The summed E-state index contributed by atoms with van der Waals surface area (Å²) in [5.41, 5.74) is 0. The fraction of sp³-hybridized carbons (Fsp3) is 0.917. The molecule has 2 atom stereocenters. The molecule has 0 spiro atoms. The van der Waals surface area contributed by atoms with Gasteiger partial charge in [0.25, 0.3) is 0 Å². The highest BCUT2D eigenvalue weighted by Gasteiger charge is 2.27. The van der Waals surface area contributed by atoms with Crippen LogP contribution in [0.25, 0.3) is 0 Å². The maximum absolute atomic E-state index is 12.2. The number of nitrogens with zero attached hydrogens (tertiary/aromatic N) is 1. The first-order valence-corrected chi connectivity index (χ1v) is 6.53. The Morgan fingerprint density at radius 3 is 2.31 bits per heavy atom. The van der Waals surface area contributed by atoms with Crippen molar-refractivity contribution in [1.82, 2.24) is 15.5 Å². The second-order valence-corrected chi connectivity index (χ2v) is 5.01. The van der Waals surface area contributed by atoms with Gasteiger partial charge in [-0.15, -0.1) is 0 Å². The van der Waals surface area contributed by atoms with Gasteiger partial charge in [0.1, 0.15) is 0 Å². The molecule has 0 bridgehead atoms. The van der Waals surface area contributed by atoms with Gasteiger partial charge in [0.05, 0.1) is 6.04 Å². The molecule has 2 saturated heterocycles. The van der Waals surface area contributed by atoms with E-state index < -0.39 is 0 Å². The van der Waals surface area contributed by atoms with Crippen LogP contribution in [0, 0.1) is 0 Å². The number of hydrogen-bond acceptors (Lipinski definition) is 3. The van der Waals surface area contributed by atoms with E-state index in [2.05, 4.69) is 17.6 Å². The van der Waals surface area contributed by atoms with E-state index in [4.69, 9.17) is 0 Å². The molecule has 0 aromatic rings. The zero-order valence-corrected chi connectivity index (χ0v) is 10.2. The van der Waals surface area contributed by atoms with Crippen molar-refractivity contribution < 1.29 is 4.79 Å². The van der Waals surface area contributed by atoms with Gasteiger partial charge in [-0.1, -0.05) is 12.8 Å². The summed E-state index contributed by atoms with van der Waals surface area (Å²) in [7, 11) is 0. The summed E-state index contributed by atoms with van der Waals surface area (Å²) in [6, 6.07) is 0.475. The lowest BCUT2D eigenvalue weighted by atomic mass is 10.1. The van der Waals surface area contributed by atoms with Crippen molar-refractivity contribution in [2.75, 3.05) is 26.2 Å². The Kier molecular flexibility index (Phi) is 4.18. The molecular weight excluding hydrogens is 202 g/mol. The summed E-state index contributed by atoms with van der Waals surface area (Å²) < 4.78 is 0. The van der Waals surface area contributed by atoms with Gasteiger partial charge in [0.2, 0.25) is 5.91 Å². The molecule has 2 unspecified atom stereocenters. The van der Waals surface area contributed by atoms with Crippen LogP contribution in [0.4, 0.5) is 0 Å². The highest BCUT2D eigenvalue weighted by molar-refractivity contribution is 5.82. The van der Waals surface area contributed by atoms with Gasteiger partial charge in [-0.05, 0) is 19.8 Å². The van der Waals surface area contributed by atoms with Gasteiger partial charge in [-0.25, -0.2) is 0 Å². The van der Waals surface area contributed by atoms with E-state index in [0.717, 1.165) is 26.2 Å². The molecular formula is C12H23N3O. The van der Waals surface area contributed by atoms with E-state index in [1.807, 2.05) is 4.90 Å². The third-order valence-corrected chi connectivity index (χ3v) is 3.56. The highest BCUT2D eigenvalue weighted by atomic mass is 16.2. The van der Waals surface area contributed by atoms with Crippen molar-refractivity contribution in [3.05, 3.63) is 0 Å². The molecule has 2 aliphatic rings. The summed E-state index contributed by atoms with van der Waals surface area (Å²) in [4.78, 5) is 14.3. The van der Waals surface area contributed by atoms with Gasteiger partial charge in [0.15, 0.2) is 0 Å². The normalized spacial score (nSPS) is 32.2. The van der Waals surface area contributed by atoms with Gasteiger partial charge in [-0.2, -0.15) is 0 Å². The Morgan fingerprint density at radius 2 is 1.75 bits per heavy atom. The first-order chi connectivity index (χ1) is 7.77. The number of carbonyl (C=O) groups is 1. The molecule has 92 valence electrons. The Morgan fingerprint density at radius 1 is 1.06 bits per heavy atom. The van der Waals surface area contributed by atoms with Crippen LogP contribution >= 0.6 is 0 Å². The average Bonchev–Trinajstić information content (AvgIpc) is 2.57. The predicted molar refractivity (Wildman–Crippen MR) is 64.3 cm³/mol. The largest absolute Gasteiger partial charge is 0.341 e. The molecule has 2 heterocycles. The number of nitrogens with one attached hydrogen (secondary N) is 2. The smallest absolute Gasteiger partial charge is 0.241 e. The topological polar surface area (TPSA) is 44.4 Å². The molecule has 2 aliphatic heterocycles. The van der Waals surface area contributed by atoms with E-state index in [9.17, 15) is 4.79 Å². The van der Waals surface area contributed by atoms with Crippen LogP contribution in [-0.4, -0.2) is 49.1 Å². The Hall–Kier alpha value is -0.610. The SMILES string of the molecule is CC1CNC(C(=O)N2CCCCCC2)CN1. The minimum absolute atomic E-state index is 0.00528. The monoisotopic (exact) mass is 225 g/mol. The van der Waals surface area contributed by atoms with E-state index in [1.54, 1.807) is 0 Å². The Balaban J connectivity index is 1.85. The van der Waals surface area contributed by atoms with Gasteiger partial charge >= 0.3 is 0 Å². The summed E-state index contributed by atoms with van der Waals surface area (Å²) in [6.45, 7) is 5.71. The van der Waals surface area contributed by atoms with Gasteiger partial charge in [-0.3, -0.25) is 4.79 Å². The lowest BCUT2D eigenvalue weighted by Crippen LogP contribution is -2.59. The molecule has 16 heavy (non-hydrogen) atoms. The molecule has 4 heteroatoms. The Bertz CT molecular complexity index is 228. The minimum Gasteiger partial charge on any atom is -0.341 e. The number of likely N-dealkylation sites (tertiary alicyclic amines) is 1. The van der Waals surface area contributed by atoms with Gasteiger partial charge < -0.3 is 15.5 Å². The molecule has 0 aromatic carbocycles. The minimum atomic E-state index is -0.00528. The quantitative estimate of drug-likeness (QED) is 0.676. The van der Waals surface area contributed by atoms with Crippen molar-refractivity contribution in [3.8, 4) is 0 Å². The molecule has 0 aromatic heterocycles. The van der Waals surface area contributed by atoms with Crippen molar-refractivity contribution in [3.63, 3.8) is 0 Å². The van der Waals surface area contributed by atoms with E-state index in [-0.39, 0.29) is 6.04 Å². The van der Waals surface area contributed by atoms with Crippen LogP contribution in [0.5, 0.6) is 0 Å². The molecule has 2 rings (SSSR count). The second-order valence-electron chi connectivity index (χ2n) is 5.01. The van der Waals surface area contributed by atoms with Crippen LogP contribution in [0.1, 0.15) is 32.6 Å². The maximum atomic E-state index is 12.2. The second kappa shape index (κ2) is 5.64. The van der Waals surface area contributed by atoms with Crippen molar-refractivity contribution in [2.45, 2.75) is 44.7 Å². The fourth-order valence-corrected chi connectivity index (χ4v) is 2.47. The van der Waals surface area contributed by atoms with E-state index in [1.165, 1.54) is 25.7 Å². The van der Waals surface area contributed by atoms with Gasteiger partial charge in [0, 0.05) is 32.2 Å². The molecule has 0 radical (unpaired) electrons. The van der Waals surface area contributed by atoms with Crippen LogP contribution in [-0.2, 0) is 4.79 Å². The molecule has 4 nitrogen and oxygen atoms in total. The molecule has 0 saturated carbocycles. The van der Waals surface area contributed by atoms with Crippen LogP contribution in [0.3, 0.4) is 0 Å². The molecule has 1 amide bonds. The van der Waals surface area contributed by atoms with Crippen LogP contribution in [0.2, 0.25) is 0 Å². The standard InChI is InChI=1S/C12H23N3O/c1-10-8-14-11(9-13-10)12(16)15-6-4-2-3-5-7-15/h10-11,13-14H,2-9H2,1H3. The fourth-order valence-electron chi connectivity index (χ4n) is 2.47. The molecule has 2 N–H and O–H groups in total. The summed E-state index contributed by atoms with van der Waals surface area (Å²) in [6.07, 6.45) is 4.89. The van der Waals surface area contributed by atoms with Crippen LogP contribution < -0.4 is 10.6 Å². The third-order valence-electron chi connectivity index (χ3n) is 3.56. The zero-order valence-electron chi connectivity index (χ0n) is 10.2. The summed E-state index contributed by atoms with van der Waals surface area (Å²) in [5.74, 6) is 0.293. The maximum Gasteiger partial charge on any atom is 0.241 e. The predicted octanol–water partition coefficient (Wildman–Crippen LogP) is 0.339. The average molecular weight is 225 g/mol.